The van der Waals surface area contributed by atoms with Crippen molar-refractivity contribution >= 4 is 5.65 Å². The standard InChI is InChI=1S/C15H11F3N2/c1-10-6-7-20-9-13(19-14(20)8-10)11-2-4-12(5-3-11)15(16,17)18/h2-9H,1H3. The molecule has 102 valence electrons. The lowest BCUT2D eigenvalue weighted by Gasteiger charge is -2.06. The Morgan fingerprint density at radius 3 is 2.40 bits per heavy atom. The minimum atomic E-state index is -4.31. The lowest BCUT2D eigenvalue weighted by Crippen LogP contribution is -2.03. The molecule has 0 aliphatic carbocycles. The molecule has 0 fully saturated rings. The van der Waals surface area contributed by atoms with Gasteiger partial charge in [0.25, 0.3) is 0 Å². The van der Waals surface area contributed by atoms with Crippen LogP contribution in [0.5, 0.6) is 0 Å². The van der Waals surface area contributed by atoms with E-state index >= 15 is 0 Å². The van der Waals surface area contributed by atoms with E-state index in [2.05, 4.69) is 4.98 Å². The van der Waals surface area contributed by atoms with Crippen molar-refractivity contribution in [3.63, 3.8) is 0 Å². The molecule has 3 rings (SSSR count). The second kappa shape index (κ2) is 4.37. The molecular formula is C15H11F3N2. The zero-order valence-corrected chi connectivity index (χ0v) is 10.6. The fourth-order valence-corrected chi connectivity index (χ4v) is 2.05. The van der Waals surface area contributed by atoms with Crippen molar-refractivity contribution in [2.24, 2.45) is 0 Å². The molecule has 0 bridgehead atoms. The summed E-state index contributed by atoms with van der Waals surface area (Å²) in [4.78, 5) is 4.42. The van der Waals surface area contributed by atoms with Gasteiger partial charge in [-0.2, -0.15) is 13.2 Å². The van der Waals surface area contributed by atoms with Gasteiger partial charge in [-0.15, -0.1) is 0 Å². The van der Waals surface area contributed by atoms with Crippen molar-refractivity contribution < 1.29 is 13.2 Å². The summed E-state index contributed by atoms with van der Waals surface area (Å²) in [5.41, 5.74) is 2.53. The lowest BCUT2D eigenvalue weighted by molar-refractivity contribution is -0.137. The van der Waals surface area contributed by atoms with E-state index < -0.39 is 11.7 Å². The van der Waals surface area contributed by atoms with Crippen molar-refractivity contribution in [2.45, 2.75) is 13.1 Å². The normalized spacial score (nSPS) is 12.0. The number of halogens is 3. The fraction of sp³-hybridized carbons (Fsp3) is 0.133. The van der Waals surface area contributed by atoms with Crippen molar-refractivity contribution in [1.82, 2.24) is 9.38 Å². The Morgan fingerprint density at radius 2 is 1.75 bits per heavy atom. The predicted molar refractivity (Wildman–Crippen MR) is 70.4 cm³/mol. The summed E-state index contributed by atoms with van der Waals surface area (Å²) in [7, 11) is 0. The molecule has 2 heterocycles. The zero-order chi connectivity index (χ0) is 14.3. The number of rotatable bonds is 1. The first-order chi connectivity index (χ1) is 9.43. The van der Waals surface area contributed by atoms with Gasteiger partial charge in [0, 0.05) is 18.0 Å². The van der Waals surface area contributed by atoms with E-state index in [1.54, 1.807) is 6.20 Å². The van der Waals surface area contributed by atoms with Crippen LogP contribution in [0.25, 0.3) is 16.9 Å². The summed E-state index contributed by atoms with van der Waals surface area (Å²) >= 11 is 0. The predicted octanol–water partition coefficient (Wildman–Crippen LogP) is 4.33. The fourth-order valence-electron chi connectivity index (χ4n) is 2.05. The van der Waals surface area contributed by atoms with Gasteiger partial charge in [-0.1, -0.05) is 12.1 Å². The summed E-state index contributed by atoms with van der Waals surface area (Å²) in [5, 5.41) is 0. The van der Waals surface area contributed by atoms with E-state index in [4.69, 9.17) is 0 Å². The molecule has 0 aliphatic heterocycles. The van der Waals surface area contributed by atoms with E-state index in [0.29, 0.717) is 11.3 Å². The van der Waals surface area contributed by atoms with Crippen LogP contribution in [0.4, 0.5) is 13.2 Å². The van der Waals surface area contributed by atoms with E-state index in [1.807, 2.05) is 29.7 Å². The molecule has 0 radical (unpaired) electrons. The van der Waals surface area contributed by atoms with E-state index in [1.165, 1.54) is 12.1 Å². The first kappa shape index (κ1) is 12.7. The van der Waals surface area contributed by atoms with E-state index in [0.717, 1.165) is 23.3 Å². The molecule has 2 nitrogen and oxygen atoms in total. The van der Waals surface area contributed by atoms with Crippen LogP contribution < -0.4 is 0 Å². The molecule has 0 unspecified atom stereocenters. The van der Waals surface area contributed by atoms with Crippen LogP contribution in [-0.4, -0.2) is 9.38 Å². The lowest BCUT2D eigenvalue weighted by atomic mass is 10.1. The van der Waals surface area contributed by atoms with Crippen LogP contribution in [0.1, 0.15) is 11.1 Å². The third-order valence-corrected chi connectivity index (χ3v) is 3.12. The van der Waals surface area contributed by atoms with Crippen LogP contribution >= 0.6 is 0 Å². The van der Waals surface area contributed by atoms with Crippen molar-refractivity contribution in [3.8, 4) is 11.3 Å². The third-order valence-electron chi connectivity index (χ3n) is 3.12. The van der Waals surface area contributed by atoms with Crippen LogP contribution in [0.2, 0.25) is 0 Å². The molecular weight excluding hydrogens is 265 g/mol. The largest absolute Gasteiger partial charge is 0.416 e. The summed E-state index contributed by atoms with van der Waals surface area (Å²) in [5.74, 6) is 0. The first-order valence-electron chi connectivity index (χ1n) is 6.06. The maximum atomic E-state index is 12.5. The molecule has 3 aromatic rings. The number of nitrogens with zero attached hydrogens (tertiary/aromatic N) is 2. The molecule has 2 aromatic heterocycles. The molecule has 20 heavy (non-hydrogen) atoms. The number of aromatic nitrogens is 2. The molecule has 0 saturated heterocycles. The van der Waals surface area contributed by atoms with Gasteiger partial charge in [0.15, 0.2) is 0 Å². The highest BCUT2D eigenvalue weighted by Gasteiger charge is 2.30. The number of hydrogen-bond donors (Lipinski definition) is 0. The van der Waals surface area contributed by atoms with E-state index in [-0.39, 0.29) is 0 Å². The van der Waals surface area contributed by atoms with Gasteiger partial charge in [-0.05, 0) is 36.8 Å². The SMILES string of the molecule is Cc1ccn2cc(-c3ccc(C(F)(F)F)cc3)nc2c1. The second-order valence-corrected chi connectivity index (χ2v) is 4.67. The number of alkyl halides is 3. The quantitative estimate of drug-likeness (QED) is 0.646. The summed E-state index contributed by atoms with van der Waals surface area (Å²) < 4.78 is 39.4. The Kier molecular flexibility index (Phi) is 2.78. The van der Waals surface area contributed by atoms with Gasteiger partial charge in [0.05, 0.1) is 11.3 Å². The number of imidazole rings is 1. The summed E-state index contributed by atoms with van der Waals surface area (Å²) in [6.45, 7) is 1.96. The number of benzene rings is 1. The van der Waals surface area contributed by atoms with Crippen LogP contribution in [0.3, 0.4) is 0 Å². The minimum Gasteiger partial charge on any atom is -0.306 e. The van der Waals surface area contributed by atoms with Gasteiger partial charge < -0.3 is 4.40 Å². The average Bonchev–Trinajstić information content (AvgIpc) is 2.80. The third kappa shape index (κ3) is 2.27. The Hall–Kier alpha value is -2.30. The van der Waals surface area contributed by atoms with E-state index in [9.17, 15) is 13.2 Å². The van der Waals surface area contributed by atoms with Crippen molar-refractivity contribution in [1.29, 1.82) is 0 Å². The number of hydrogen-bond acceptors (Lipinski definition) is 1. The van der Waals surface area contributed by atoms with Gasteiger partial charge in [0.1, 0.15) is 5.65 Å². The molecule has 0 amide bonds. The molecule has 5 heteroatoms. The second-order valence-electron chi connectivity index (χ2n) is 4.67. The molecule has 0 aliphatic rings. The average molecular weight is 276 g/mol. The molecule has 0 saturated carbocycles. The summed E-state index contributed by atoms with van der Waals surface area (Å²) in [6, 6.07) is 8.91. The number of pyridine rings is 1. The van der Waals surface area contributed by atoms with Crippen molar-refractivity contribution in [2.75, 3.05) is 0 Å². The minimum absolute atomic E-state index is 0.652. The molecule has 0 atom stereocenters. The van der Waals surface area contributed by atoms with Crippen LogP contribution in [-0.2, 0) is 6.18 Å². The number of fused-ring (bicyclic) bond motifs is 1. The van der Waals surface area contributed by atoms with Gasteiger partial charge in [-0.3, -0.25) is 0 Å². The smallest absolute Gasteiger partial charge is 0.306 e. The van der Waals surface area contributed by atoms with Gasteiger partial charge in [0.2, 0.25) is 0 Å². The van der Waals surface area contributed by atoms with Gasteiger partial charge >= 0.3 is 6.18 Å². The summed E-state index contributed by atoms with van der Waals surface area (Å²) in [6.07, 6.45) is -0.628. The number of aryl methyl sites for hydroxylation is 1. The Morgan fingerprint density at radius 1 is 1.05 bits per heavy atom. The van der Waals surface area contributed by atoms with Crippen molar-refractivity contribution in [3.05, 3.63) is 59.9 Å². The van der Waals surface area contributed by atoms with Crippen LogP contribution in [0, 0.1) is 6.92 Å². The molecule has 0 N–H and O–H groups in total. The molecule has 1 aromatic carbocycles. The topological polar surface area (TPSA) is 17.3 Å². The Bertz CT molecular complexity index is 755. The maximum Gasteiger partial charge on any atom is 0.416 e. The first-order valence-corrected chi connectivity index (χ1v) is 6.06. The highest BCUT2D eigenvalue weighted by atomic mass is 19.4. The van der Waals surface area contributed by atoms with Crippen LogP contribution in [0.15, 0.2) is 48.8 Å². The molecule has 0 spiro atoms. The maximum absolute atomic E-state index is 12.5. The Labute approximate surface area is 113 Å². The highest BCUT2D eigenvalue weighted by molar-refractivity contribution is 5.63. The monoisotopic (exact) mass is 276 g/mol. The zero-order valence-electron chi connectivity index (χ0n) is 10.6. The Balaban J connectivity index is 2.02. The van der Waals surface area contributed by atoms with Gasteiger partial charge in [-0.25, -0.2) is 4.98 Å². The highest BCUT2D eigenvalue weighted by Crippen LogP contribution is 2.30.